The highest BCUT2D eigenvalue weighted by molar-refractivity contribution is 5.26. The van der Waals surface area contributed by atoms with E-state index < -0.39 is 11.7 Å². The predicted molar refractivity (Wildman–Crippen MR) is 70.6 cm³/mol. The van der Waals surface area contributed by atoms with Gasteiger partial charge in [0.05, 0.1) is 5.56 Å². The fourth-order valence-electron chi connectivity index (χ4n) is 3.58. The summed E-state index contributed by atoms with van der Waals surface area (Å²) >= 11 is 0. The number of rotatable bonds is 4. The zero-order valence-electron chi connectivity index (χ0n) is 11.2. The van der Waals surface area contributed by atoms with Crippen LogP contribution in [0.3, 0.4) is 0 Å². The van der Waals surface area contributed by atoms with Gasteiger partial charge in [0.1, 0.15) is 0 Å². The number of benzene rings is 1. The molecule has 0 aliphatic heterocycles. The molecule has 0 heterocycles. The topological polar surface area (TPSA) is 38.0 Å². The minimum absolute atomic E-state index is 0.0753. The summed E-state index contributed by atoms with van der Waals surface area (Å²) in [6.07, 6.45) is -0.0600. The highest BCUT2D eigenvalue weighted by atomic mass is 19.4. The van der Waals surface area contributed by atoms with E-state index in [1.54, 1.807) is 6.07 Å². The van der Waals surface area contributed by atoms with E-state index in [2.05, 4.69) is 5.43 Å². The van der Waals surface area contributed by atoms with Crippen molar-refractivity contribution in [2.45, 2.75) is 37.9 Å². The Labute approximate surface area is 116 Å². The summed E-state index contributed by atoms with van der Waals surface area (Å²) in [7, 11) is 0. The first-order valence-electron chi connectivity index (χ1n) is 7.09. The first kappa shape index (κ1) is 13.9. The molecule has 20 heavy (non-hydrogen) atoms. The van der Waals surface area contributed by atoms with Gasteiger partial charge in [0.25, 0.3) is 0 Å². The van der Waals surface area contributed by atoms with Gasteiger partial charge in [-0.15, -0.1) is 0 Å². The molecule has 0 bridgehead atoms. The number of nitrogens with one attached hydrogen (secondary N) is 1. The molecule has 5 heteroatoms. The van der Waals surface area contributed by atoms with Crippen LogP contribution in [0, 0.1) is 17.8 Å². The van der Waals surface area contributed by atoms with Crippen molar-refractivity contribution in [1.29, 1.82) is 0 Å². The molecule has 3 N–H and O–H groups in total. The van der Waals surface area contributed by atoms with Gasteiger partial charge in [-0.25, -0.2) is 0 Å². The average molecular weight is 284 g/mol. The lowest BCUT2D eigenvalue weighted by atomic mass is 9.90. The van der Waals surface area contributed by atoms with Gasteiger partial charge in [0.15, 0.2) is 0 Å². The van der Waals surface area contributed by atoms with E-state index in [1.165, 1.54) is 31.4 Å². The molecule has 110 valence electrons. The minimum Gasteiger partial charge on any atom is -0.271 e. The predicted octanol–water partition coefficient (Wildman–Crippen LogP) is 3.13. The molecule has 0 saturated heterocycles. The van der Waals surface area contributed by atoms with Gasteiger partial charge in [-0.1, -0.05) is 18.2 Å². The maximum atomic E-state index is 12.7. The number of nitrogens with two attached hydrogens (primary N) is 1. The quantitative estimate of drug-likeness (QED) is 0.658. The van der Waals surface area contributed by atoms with Crippen molar-refractivity contribution in [2.24, 2.45) is 23.6 Å². The lowest BCUT2D eigenvalue weighted by Gasteiger charge is -2.24. The van der Waals surface area contributed by atoms with Gasteiger partial charge in [0, 0.05) is 6.04 Å². The zero-order valence-corrected chi connectivity index (χ0v) is 11.2. The molecule has 2 saturated carbocycles. The Morgan fingerprint density at radius 1 is 1.20 bits per heavy atom. The second kappa shape index (κ2) is 5.04. The molecule has 2 fully saturated rings. The van der Waals surface area contributed by atoms with Crippen LogP contribution in [0.25, 0.3) is 0 Å². The van der Waals surface area contributed by atoms with E-state index in [-0.39, 0.29) is 6.04 Å². The smallest absolute Gasteiger partial charge is 0.271 e. The maximum absolute atomic E-state index is 12.7. The molecule has 3 atom stereocenters. The largest absolute Gasteiger partial charge is 0.416 e. The lowest BCUT2D eigenvalue weighted by molar-refractivity contribution is -0.137. The van der Waals surface area contributed by atoms with Crippen LogP contribution in [0.15, 0.2) is 24.3 Å². The Bertz CT molecular complexity index is 476. The molecule has 0 aromatic heterocycles. The summed E-state index contributed by atoms with van der Waals surface area (Å²) in [6.45, 7) is 0. The van der Waals surface area contributed by atoms with Crippen LogP contribution < -0.4 is 11.3 Å². The fourth-order valence-corrected chi connectivity index (χ4v) is 3.58. The normalized spacial score (nSPS) is 30.1. The third-order valence-corrected chi connectivity index (χ3v) is 4.77. The number of fused-ring (bicyclic) bond motifs is 1. The van der Waals surface area contributed by atoms with Gasteiger partial charge >= 0.3 is 6.18 Å². The molecule has 2 nitrogen and oxygen atoms in total. The maximum Gasteiger partial charge on any atom is 0.416 e. The Hall–Kier alpha value is -1.07. The van der Waals surface area contributed by atoms with Crippen LogP contribution in [0.5, 0.6) is 0 Å². The van der Waals surface area contributed by atoms with Gasteiger partial charge < -0.3 is 0 Å². The Balaban J connectivity index is 1.69. The van der Waals surface area contributed by atoms with Gasteiger partial charge in [-0.2, -0.15) is 13.2 Å². The number of hydrazine groups is 1. The lowest BCUT2D eigenvalue weighted by Crippen LogP contribution is -2.42. The zero-order chi connectivity index (χ0) is 14.3. The summed E-state index contributed by atoms with van der Waals surface area (Å²) in [6, 6.07) is 5.64. The highest BCUT2D eigenvalue weighted by Crippen LogP contribution is 2.55. The summed E-state index contributed by atoms with van der Waals surface area (Å²) in [5, 5.41) is 0. The Morgan fingerprint density at radius 3 is 2.50 bits per heavy atom. The van der Waals surface area contributed by atoms with Crippen molar-refractivity contribution >= 4 is 0 Å². The monoisotopic (exact) mass is 284 g/mol. The Kier molecular flexibility index (Phi) is 3.50. The molecule has 2 aliphatic carbocycles. The summed E-state index contributed by atoms with van der Waals surface area (Å²) in [5.74, 6) is 7.80. The third-order valence-electron chi connectivity index (χ3n) is 4.77. The average Bonchev–Trinajstić information content (AvgIpc) is 3.02. The third kappa shape index (κ3) is 2.83. The first-order valence-corrected chi connectivity index (χ1v) is 7.09. The van der Waals surface area contributed by atoms with Crippen molar-refractivity contribution in [3.05, 3.63) is 35.4 Å². The fraction of sp³-hybridized carbons (Fsp3) is 0.600. The van der Waals surface area contributed by atoms with E-state index in [1.807, 2.05) is 0 Å². The molecule has 3 rings (SSSR count). The van der Waals surface area contributed by atoms with Crippen LogP contribution in [0.4, 0.5) is 13.2 Å². The van der Waals surface area contributed by atoms with E-state index in [0.717, 1.165) is 17.9 Å². The van der Waals surface area contributed by atoms with E-state index in [0.29, 0.717) is 17.9 Å². The summed E-state index contributed by atoms with van der Waals surface area (Å²) < 4.78 is 38.1. The Morgan fingerprint density at radius 2 is 1.90 bits per heavy atom. The van der Waals surface area contributed by atoms with Crippen LogP contribution in [-0.2, 0) is 12.6 Å². The van der Waals surface area contributed by atoms with Crippen molar-refractivity contribution in [3.63, 3.8) is 0 Å². The second-order valence-electron chi connectivity index (χ2n) is 6.16. The molecule has 0 spiro atoms. The number of halogens is 3. The van der Waals surface area contributed by atoms with Crippen LogP contribution in [0.1, 0.15) is 30.4 Å². The molecule has 2 aliphatic rings. The van der Waals surface area contributed by atoms with Crippen molar-refractivity contribution in [3.8, 4) is 0 Å². The second-order valence-corrected chi connectivity index (χ2v) is 6.16. The summed E-state index contributed by atoms with van der Waals surface area (Å²) in [5.41, 5.74) is 2.92. The van der Waals surface area contributed by atoms with Crippen molar-refractivity contribution < 1.29 is 13.2 Å². The van der Waals surface area contributed by atoms with Crippen LogP contribution >= 0.6 is 0 Å². The molecule has 3 unspecified atom stereocenters. The number of hydrogen-bond acceptors (Lipinski definition) is 2. The van der Waals surface area contributed by atoms with E-state index >= 15 is 0 Å². The molecule has 1 aromatic rings. The van der Waals surface area contributed by atoms with Crippen molar-refractivity contribution in [2.75, 3.05) is 0 Å². The number of hydrogen-bond donors (Lipinski definition) is 2. The van der Waals surface area contributed by atoms with E-state index in [4.69, 9.17) is 5.84 Å². The number of alkyl halides is 3. The highest BCUT2D eigenvalue weighted by Gasteiger charge is 2.47. The SMILES string of the molecule is NNC(Cc1cccc(C(F)(F)F)c1)C1CC2CC2C1. The molecular weight excluding hydrogens is 265 g/mol. The first-order chi connectivity index (χ1) is 9.47. The standard InChI is InChI=1S/C15H19F3N2/c16-15(17,18)13-3-1-2-9(4-13)5-14(20-19)12-7-10-6-11(10)8-12/h1-4,10-12,14,20H,5-8,19H2. The van der Waals surface area contributed by atoms with Crippen molar-refractivity contribution in [1.82, 2.24) is 5.43 Å². The van der Waals surface area contributed by atoms with Crippen LogP contribution in [0.2, 0.25) is 0 Å². The molecule has 0 radical (unpaired) electrons. The molecular formula is C15H19F3N2. The van der Waals surface area contributed by atoms with Gasteiger partial charge in [-0.3, -0.25) is 11.3 Å². The molecule has 1 aromatic carbocycles. The van der Waals surface area contributed by atoms with Crippen LogP contribution in [-0.4, -0.2) is 6.04 Å². The van der Waals surface area contributed by atoms with E-state index in [9.17, 15) is 13.2 Å². The van der Waals surface area contributed by atoms with Gasteiger partial charge in [-0.05, 0) is 55.1 Å². The summed E-state index contributed by atoms with van der Waals surface area (Å²) in [4.78, 5) is 0. The molecule has 0 amide bonds. The minimum atomic E-state index is -4.28. The van der Waals surface area contributed by atoms with Gasteiger partial charge in [0.2, 0.25) is 0 Å².